The number of aromatic nitrogens is 2. The zero-order valence-electron chi connectivity index (χ0n) is 11.1. The Hall–Kier alpha value is -2.10. The van der Waals surface area contributed by atoms with Crippen molar-refractivity contribution in [1.29, 1.82) is 0 Å². The Kier molecular flexibility index (Phi) is 4.93. The maximum atomic E-state index is 12.4. The van der Waals surface area contributed by atoms with E-state index in [1.807, 2.05) is 11.4 Å². The number of aliphatic hydroxyl groups excluding tert-OH is 1. The predicted molar refractivity (Wildman–Crippen MR) is 77.3 cm³/mol. The van der Waals surface area contributed by atoms with Crippen LogP contribution in [0.5, 0.6) is 0 Å². The van der Waals surface area contributed by atoms with Gasteiger partial charge in [0.2, 0.25) is 0 Å². The van der Waals surface area contributed by atoms with E-state index >= 15 is 0 Å². The van der Waals surface area contributed by atoms with Gasteiger partial charge in [0.1, 0.15) is 10.7 Å². The van der Waals surface area contributed by atoms with Crippen LogP contribution in [0.25, 0.3) is 0 Å². The number of aromatic amines is 1. The number of hydrogen-bond acceptors (Lipinski definition) is 4. The fourth-order valence-corrected chi connectivity index (χ4v) is 2.48. The number of aliphatic hydroxyl groups is 1. The highest BCUT2D eigenvalue weighted by molar-refractivity contribution is 7.12. The largest absolute Gasteiger partial charge is 0.395 e. The van der Waals surface area contributed by atoms with E-state index in [1.165, 1.54) is 11.3 Å². The third kappa shape index (κ3) is 3.47. The van der Waals surface area contributed by atoms with Crippen LogP contribution in [0.3, 0.4) is 0 Å². The number of rotatable bonds is 4. The van der Waals surface area contributed by atoms with Crippen LogP contribution in [0.1, 0.15) is 27.5 Å². The molecular formula is C14H15N3O2S. The number of thiophene rings is 1. The summed E-state index contributed by atoms with van der Waals surface area (Å²) >= 11 is 1.37. The quantitative estimate of drug-likeness (QED) is 0.838. The van der Waals surface area contributed by atoms with Crippen LogP contribution in [0, 0.1) is 11.8 Å². The summed E-state index contributed by atoms with van der Waals surface area (Å²) < 4.78 is 0. The SMILES string of the molecule is CN(Cc1ncc[nH]1)C(=O)c1sccc1C#CCCO. The van der Waals surface area contributed by atoms with Crippen LogP contribution in [0.4, 0.5) is 0 Å². The number of imidazole rings is 1. The fourth-order valence-electron chi connectivity index (χ4n) is 1.64. The fraction of sp³-hybridized carbons (Fsp3) is 0.286. The van der Waals surface area contributed by atoms with Crippen LogP contribution in [-0.4, -0.2) is 39.5 Å². The van der Waals surface area contributed by atoms with Gasteiger partial charge in [-0.25, -0.2) is 4.98 Å². The van der Waals surface area contributed by atoms with E-state index in [1.54, 1.807) is 24.3 Å². The Labute approximate surface area is 121 Å². The molecule has 5 nitrogen and oxygen atoms in total. The third-order valence-corrected chi connectivity index (χ3v) is 3.51. The van der Waals surface area contributed by atoms with Gasteiger partial charge in [0, 0.05) is 31.4 Å². The maximum Gasteiger partial charge on any atom is 0.265 e. The molecule has 0 radical (unpaired) electrons. The van der Waals surface area contributed by atoms with Crippen LogP contribution in [0.2, 0.25) is 0 Å². The van der Waals surface area contributed by atoms with E-state index in [2.05, 4.69) is 21.8 Å². The molecule has 0 aliphatic rings. The third-order valence-electron chi connectivity index (χ3n) is 2.61. The van der Waals surface area contributed by atoms with Crippen LogP contribution in [-0.2, 0) is 6.54 Å². The second-order valence-corrected chi connectivity index (χ2v) is 5.05. The van der Waals surface area contributed by atoms with Gasteiger partial charge in [-0.15, -0.1) is 11.3 Å². The minimum absolute atomic E-state index is 0.0266. The monoisotopic (exact) mass is 289 g/mol. The number of nitrogens with one attached hydrogen (secondary N) is 1. The van der Waals surface area contributed by atoms with Crippen molar-refractivity contribution in [3.05, 3.63) is 40.1 Å². The van der Waals surface area contributed by atoms with Gasteiger partial charge < -0.3 is 15.0 Å². The van der Waals surface area contributed by atoms with Gasteiger partial charge in [-0.1, -0.05) is 11.8 Å². The number of nitrogens with zero attached hydrogens (tertiary/aromatic N) is 2. The molecule has 2 N–H and O–H groups in total. The summed E-state index contributed by atoms with van der Waals surface area (Å²) in [6.45, 7) is 0.450. The molecule has 2 aromatic rings. The predicted octanol–water partition coefficient (Wildman–Crippen LogP) is 1.48. The molecule has 0 spiro atoms. The van der Waals surface area contributed by atoms with Crippen molar-refractivity contribution >= 4 is 17.2 Å². The standard InChI is InChI=1S/C14H15N3O2S/c1-17(10-12-15-6-7-16-12)14(19)13-11(5-9-20-13)4-2-3-8-18/h5-7,9,18H,3,8,10H2,1H3,(H,15,16). The number of amides is 1. The Bertz CT molecular complexity index is 622. The van der Waals surface area contributed by atoms with Crippen LogP contribution < -0.4 is 0 Å². The summed E-state index contributed by atoms with van der Waals surface area (Å²) in [7, 11) is 1.73. The van der Waals surface area contributed by atoms with Crippen molar-refractivity contribution in [2.24, 2.45) is 0 Å². The summed E-state index contributed by atoms with van der Waals surface area (Å²) in [6.07, 6.45) is 3.79. The minimum atomic E-state index is -0.0790. The molecule has 0 unspecified atom stereocenters. The molecule has 0 fully saturated rings. The van der Waals surface area contributed by atoms with Crippen LogP contribution >= 0.6 is 11.3 Å². The zero-order valence-corrected chi connectivity index (χ0v) is 11.9. The molecule has 0 aromatic carbocycles. The second kappa shape index (κ2) is 6.89. The van der Waals surface area contributed by atoms with Crippen molar-refractivity contribution in [3.63, 3.8) is 0 Å². The number of carbonyl (C=O) groups is 1. The lowest BCUT2D eigenvalue weighted by atomic mass is 10.2. The summed E-state index contributed by atoms with van der Waals surface area (Å²) in [5, 5.41) is 10.6. The Morgan fingerprint density at radius 1 is 1.60 bits per heavy atom. The average Bonchev–Trinajstić information content (AvgIpc) is 3.09. The first-order chi connectivity index (χ1) is 9.72. The molecule has 0 atom stereocenters. The van der Waals surface area contributed by atoms with Crippen molar-refractivity contribution in [2.45, 2.75) is 13.0 Å². The smallest absolute Gasteiger partial charge is 0.265 e. The molecular weight excluding hydrogens is 274 g/mol. The lowest BCUT2D eigenvalue weighted by Gasteiger charge is -2.14. The van der Waals surface area contributed by atoms with E-state index in [0.29, 0.717) is 23.4 Å². The topological polar surface area (TPSA) is 69.2 Å². The molecule has 104 valence electrons. The molecule has 2 rings (SSSR count). The molecule has 2 aromatic heterocycles. The molecule has 0 bridgehead atoms. The molecule has 1 amide bonds. The highest BCUT2D eigenvalue weighted by atomic mass is 32.1. The summed E-state index contributed by atoms with van der Waals surface area (Å²) in [5.74, 6) is 6.41. The number of carbonyl (C=O) groups excluding carboxylic acids is 1. The van der Waals surface area contributed by atoms with Gasteiger partial charge in [0.15, 0.2) is 0 Å². The Morgan fingerprint density at radius 2 is 2.45 bits per heavy atom. The number of H-pyrrole nitrogens is 1. The van der Waals surface area contributed by atoms with Gasteiger partial charge in [-0.05, 0) is 11.4 Å². The van der Waals surface area contributed by atoms with E-state index in [0.717, 1.165) is 5.82 Å². The molecule has 6 heteroatoms. The normalized spacial score (nSPS) is 9.90. The van der Waals surface area contributed by atoms with Crippen molar-refractivity contribution in [3.8, 4) is 11.8 Å². The van der Waals surface area contributed by atoms with Gasteiger partial charge in [0.25, 0.3) is 5.91 Å². The summed E-state index contributed by atoms with van der Waals surface area (Å²) in [5.41, 5.74) is 0.708. The molecule has 0 aliphatic heterocycles. The Morgan fingerprint density at radius 3 is 3.15 bits per heavy atom. The van der Waals surface area contributed by atoms with E-state index in [9.17, 15) is 4.79 Å². The lowest BCUT2D eigenvalue weighted by molar-refractivity contribution is 0.0786. The van der Waals surface area contributed by atoms with E-state index in [4.69, 9.17) is 5.11 Å². The summed E-state index contributed by atoms with van der Waals surface area (Å²) in [4.78, 5) is 21.6. The summed E-state index contributed by atoms with van der Waals surface area (Å²) in [6, 6.07) is 1.82. The molecule has 2 heterocycles. The van der Waals surface area contributed by atoms with Gasteiger partial charge >= 0.3 is 0 Å². The molecule has 0 aliphatic carbocycles. The maximum absolute atomic E-state index is 12.4. The van der Waals surface area contributed by atoms with Crippen molar-refractivity contribution < 1.29 is 9.90 Å². The molecule has 0 saturated heterocycles. The van der Waals surface area contributed by atoms with E-state index < -0.39 is 0 Å². The first-order valence-electron chi connectivity index (χ1n) is 6.13. The highest BCUT2D eigenvalue weighted by Crippen LogP contribution is 2.18. The van der Waals surface area contributed by atoms with Gasteiger partial charge in [-0.3, -0.25) is 4.79 Å². The van der Waals surface area contributed by atoms with Gasteiger partial charge in [0.05, 0.1) is 13.2 Å². The molecule has 20 heavy (non-hydrogen) atoms. The van der Waals surface area contributed by atoms with Crippen molar-refractivity contribution in [1.82, 2.24) is 14.9 Å². The minimum Gasteiger partial charge on any atom is -0.395 e. The first-order valence-corrected chi connectivity index (χ1v) is 7.01. The average molecular weight is 289 g/mol. The van der Waals surface area contributed by atoms with Crippen LogP contribution in [0.15, 0.2) is 23.8 Å². The zero-order chi connectivity index (χ0) is 14.4. The second-order valence-electron chi connectivity index (χ2n) is 4.14. The van der Waals surface area contributed by atoms with E-state index in [-0.39, 0.29) is 12.5 Å². The van der Waals surface area contributed by atoms with Gasteiger partial charge in [-0.2, -0.15) is 0 Å². The first kappa shape index (κ1) is 14.3. The highest BCUT2D eigenvalue weighted by Gasteiger charge is 2.17. The number of hydrogen-bond donors (Lipinski definition) is 2. The molecule has 0 saturated carbocycles. The Balaban J connectivity index is 2.09. The lowest BCUT2D eigenvalue weighted by Crippen LogP contribution is -2.26. The van der Waals surface area contributed by atoms with Crippen molar-refractivity contribution in [2.75, 3.05) is 13.7 Å².